The molecule has 1 atom stereocenters. The summed E-state index contributed by atoms with van der Waals surface area (Å²) in [5, 5.41) is 7.22. The van der Waals surface area contributed by atoms with E-state index in [1.165, 1.54) is 0 Å². The van der Waals surface area contributed by atoms with Crippen LogP contribution in [0.2, 0.25) is 5.02 Å². The number of nitrogens with one attached hydrogen (secondary N) is 1. The van der Waals surface area contributed by atoms with Crippen LogP contribution in [0.15, 0.2) is 65.2 Å². The molecular weight excluding hydrogens is 340 g/mol. The van der Waals surface area contributed by atoms with Crippen LogP contribution >= 0.6 is 11.6 Å². The molecule has 128 valence electrons. The second-order valence-electron chi connectivity index (χ2n) is 5.40. The fraction of sp³-hybridized carbons (Fsp3) is 0.158. The molecule has 0 aliphatic heterocycles. The van der Waals surface area contributed by atoms with Crippen LogP contribution in [0.4, 0.5) is 0 Å². The van der Waals surface area contributed by atoms with Crippen molar-refractivity contribution in [3.05, 3.63) is 76.9 Å². The lowest BCUT2D eigenvalue weighted by Gasteiger charge is -2.17. The third kappa shape index (κ3) is 4.07. The zero-order valence-corrected chi connectivity index (χ0v) is 14.4. The van der Waals surface area contributed by atoms with Crippen LogP contribution in [0.1, 0.15) is 22.2 Å². The Labute approximate surface area is 150 Å². The average Bonchev–Trinajstić information content (AvgIpc) is 3.14. The van der Waals surface area contributed by atoms with Crippen molar-refractivity contribution >= 4 is 17.5 Å². The molecule has 1 unspecified atom stereocenters. The van der Waals surface area contributed by atoms with Crippen LogP contribution in [0.5, 0.6) is 0 Å². The molecule has 25 heavy (non-hydrogen) atoms. The molecule has 0 aliphatic carbocycles. The SMILES string of the molecule is COC(CNC(=O)c1cc(-c2ccccc2)on1)c1ccccc1Cl. The van der Waals surface area contributed by atoms with Crippen LogP contribution in [-0.2, 0) is 4.74 Å². The third-order valence-electron chi connectivity index (χ3n) is 3.79. The number of aromatic nitrogens is 1. The van der Waals surface area contributed by atoms with Crippen molar-refractivity contribution in [3.8, 4) is 11.3 Å². The number of hydrogen-bond donors (Lipinski definition) is 1. The van der Waals surface area contributed by atoms with Crippen molar-refractivity contribution in [1.29, 1.82) is 0 Å². The summed E-state index contributed by atoms with van der Waals surface area (Å²) < 4.78 is 10.7. The molecule has 1 aromatic heterocycles. The molecule has 3 rings (SSSR count). The molecule has 0 bridgehead atoms. The van der Waals surface area contributed by atoms with Gasteiger partial charge in [-0.15, -0.1) is 0 Å². The van der Waals surface area contributed by atoms with E-state index in [1.54, 1.807) is 19.2 Å². The Morgan fingerprint density at radius 1 is 1.20 bits per heavy atom. The molecule has 0 saturated heterocycles. The van der Waals surface area contributed by atoms with Gasteiger partial charge in [-0.2, -0.15) is 0 Å². The number of methoxy groups -OCH3 is 1. The summed E-state index contributed by atoms with van der Waals surface area (Å²) in [7, 11) is 1.57. The number of hydrogen-bond acceptors (Lipinski definition) is 4. The number of carbonyl (C=O) groups excluding carboxylic acids is 1. The molecular formula is C19H17ClN2O3. The number of benzene rings is 2. The largest absolute Gasteiger partial charge is 0.375 e. The molecule has 5 nitrogen and oxygen atoms in total. The maximum Gasteiger partial charge on any atom is 0.273 e. The number of halogens is 1. The van der Waals surface area contributed by atoms with Crippen molar-refractivity contribution in [3.63, 3.8) is 0 Å². The van der Waals surface area contributed by atoms with E-state index in [4.69, 9.17) is 20.9 Å². The van der Waals surface area contributed by atoms with Gasteiger partial charge in [0.2, 0.25) is 0 Å². The van der Waals surface area contributed by atoms with Crippen molar-refractivity contribution in [2.45, 2.75) is 6.10 Å². The lowest BCUT2D eigenvalue weighted by Crippen LogP contribution is -2.29. The molecule has 1 N–H and O–H groups in total. The maximum atomic E-state index is 12.3. The highest BCUT2D eigenvalue weighted by atomic mass is 35.5. The number of carbonyl (C=O) groups is 1. The lowest BCUT2D eigenvalue weighted by atomic mass is 10.1. The van der Waals surface area contributed by atoms with Crippen molar-refractivity contribution in [1.82, 2.24) is 10.5 Å². The van der Waals surface area contributed by atoms with E-state index in [1.807, 2.05) is 48.5 Å². The van der Waals surface area contributed by atoms with Gasteiger partial charge in [0, 0.05) is 35.9 Å². The van der Waals surface area contributed by atoms with Gasteiger partial charge in [-0.1, -0.05) is 65.3 Å². The minimum atomic E-state index is -0.349. The first-order valence-electron chi connectivity index (χ1n) is 7.76. The predicted octanol–water partition coefficient (Wildman–Crippen LogP) is 4.11. The standard InChI is InChI=1S/C19H17ClN2O3/c1-24-18(14-9-5-6-10-15(14)20)12-21-19(23)16-11-17(25-22-16)13-7-3-2-4-8-13/h2-11,18H,12H2,1H3,(H,21,23). The van der Waals surface area contributed by atoms with E-state index >= 15 is 0 Å². The Hall–Kier alpha value is -2.63. The van der Waals surface area contributed by atoms with Crippen LogP contribution in [0, 0.1) is 0 Å². The Morgan fingerprint density at radius 3 is 2.64 bits per heavy atom. The highest BCUT2D eigenvalue weighted by Gasteiger charge is 2.18. The monoisotopic (exact) mass is 356 g/mol. The fourth-order valence-corrected chi connectivity index (χ4v) is 2.71. The normalized spacial score (nSPS) is 11.9. The fourth-order valence-electron chi connectivity index (χ4n) is 2.45. The first-order chi connectivity index (χ1) is 12.2. The summed E-state index contributed by atoms with van der Waals surface area (Å²) in [6.45, 7) is 0.270. The first-order valence-corrected chi connectivity index (χ1v) is 8.14. The van der Waals surface area contributed by atoms with Gasteiger partial charge in [0.25, 0.3) is 5.91 Å². The zero-order chi connectivity index (χ0) is 17.6. The van der Waals surface area contributed by atoms with Gasteiger partial charge in [-0.25, -0.2) is 0 Å². The molecule has 0 fully saturated rings. The summed E-state index contributed by atoms with van der Waals surface area (Å²) in [4.78, 5) is 12.3. The van der Waals surface area contributed by atoms with E-state index in [9.17, 15) is 4.79 Å². The summed E-state index contributed by atoms with van der Waals surface area (Å²) in [5.74, 6) is 0.209. The van der Waals surface area contributed by atoms with Crippen molar-refractivity contribution in [2.75, 3.05) is 13.7 Å². The Kier molecular flexibility index (Phi) is 5.48. The summed E-state index contributed by atoms with van der Waals surface area (Å²) in [5.41, 5.74) is 1.89. The Morgan fingerprint density at radius 2 is 1.92 bits per heavy atom. The minimum absolute atomic E-state index is 0.216. The van der Waals surface area contributed by atoms with Crippen molar-refractivity contribution < 1.29 is 14.1 Å². The molecule has 1 heterocycles. The Balaban J connectivity index is 1.66. The third-order valence-corrected chi connectivity index (χ3v) is 4.13. The van der Waals surface area contributed by atoms with Crippen molar-refractivity contribution in [2.24, 2.45) is 0 Å². The van der Waals surface area contributed by atoms with E-state index in [2.05, 4.69) is 10.5 Å². The summed E-state index contributed by atoms with van der Waals surface area (Å²) in [6, 6.07) is 18.5. The average molecular weight is 357 g/mol. The number of rotatable bonds is 6. The molecule has 1 amide bonds. The van der Waals surface area contributed by atoms with Crippen LogP contribution in [-0.4, -0.2) is 24.7 Å². The number of amides is 1. The molecule has 3 aromatic rings. The second-order valence-corrected chi connectivity index (χ2v) is 5.81. The highest BCUT2D eigenvalue weighted by Crippen LogP contribution is 2.24. The van der Waals surface area contributed by atoms with Gasteiger partial charge in [0.05, 0.1) is 0 Å². The molecule has 6 heteroatoms. The van der Waals surface area contributed by atoms with E-state index in [0.717, 1.165) is 11.1 Å². The zero-order valence-electron chi connectivity index (χ0n) is 13.6. The smallest absolute Gasteiger partial charge is 0.273 e. The van der Waals surface area contributed by atoms with E-state index in [-0.39, 0.29) is 24.2 Å². The van der Waals surface area contributed by atoms with E-state index in [0.29, 0.717) is 10.8 Å². The van der Waals surface area contributed by atoms with Gasteiger partial charge in [0.1, 0.15) is 6.10 Å². The molecule has 2 aromatic carbocycles. The topological polar surface area (TPSA) is 64.4 Å². The van der Waals surface area contributed by atoms with E-state index < -0.39 is 0 Å². The predicted molar refractivity (Wildman–Crippen MR) is 95.5 cm³/mol. The minimum Gasteiger partial charge on any atom is -0.375 e. The number of ether oxygens (including phenoxy) is 1. The molecule has 0 aliphatic rings. The lowest BCUT2D eigenvalue weighted by molar-refractivity contribution is 0.0821. The summed E-state index contributed by atoms with van der Waals surface area (Å²) >= 11 is 6.18. The van der Waals surface area contributed by atoms with Crippen LogP contribution in [0.3, 0.4) is 0 Å². The molecule has 0 spiro atoms. The first kappa shape index (κ1) is 17.2. The summed E-state index contributed by atoms with van der Waals surface area (Å²) in [6.07, 6.45) is -0.349. The van der Waals surface area contributed by atoms with Gasteiger partial charge in [-0.05, 0) is 6.07 Å². The number of nitrogens with zero attached hydrogens (tertiary/aromatic N) is 1. The Bertz CT molecular complexity index is 849. The molecule has 0 saturated carbocycles. The maximum absolute atomic E-state index is 12.3. The van der Waals surface area contributed by atoms with Crippen LogP contribution < -0.4 is 5.32 Å². The van der Waals surface area contributed by atoms with Gasteiger partial charge in [0.15, 0.2) is 11.5 Å². The van der Waals surface area contributed by atoms with Gasteiger partial charge < -0.3 is 14.6 Å². The van der Waals surface area contributed by atoms with Gasteiger partial charge >= 0.3 is 0 Å². The van der Waals surface area contributed by atoms with Crippen LogP contribution in [0.25, 0.3) is 11.3 Å². The second kappa shape index (κ2) is 7.96. The highest BCUT2D eigenvalue weighted by molar-refractivity contribution is 6.31. The van der Waals surface area contributed by atoms with Gasteiger partial charge in [-0.3, -0.25) is 4.79 Å². The molecule has 0 radical (unpaired) electrons. The quantitative estimate of drug-likeness (QED) is 0.721.